The summed E-state index contributed by atoms with van der Waals surface area (Å²) < 4.78 is 0. The lowest BCUT2D eigenvalue weighted by molar-refractivity contribution is -0.130. The summed E-state index contributed by atoms with van der Waals surface area (Å²) in [6.07, 6.45) is 7.01. The van der Waals surface area contributed by atoms with Crippen molar-refractivity contribution in [2.75, 3.05) is 26.2 Å². The van der Waals surface area contributed by atoms with Crippen LogP contribution in [0.5, 0.6) is 0 Å². The van der Waals surface area contributed by atoms with Crippen LogP contribution in [0.15, 0.2) is 0 Å². The zero-order valence-electron chi connectivity index (χ0n) is 13.2. The number of amides is 1. The molecule has 1 aliphatic heterocycles. The second-order valence-electron chi connectivity index (χ2n) is 7.09. The minimum Gasteiger partial charge on any atom is -0.355 e. The number of likely N-dealkylation sites (tertiary alicyclic amines) is 1. The maximum absolute atomic E-state index is 12.4. The molecule has 2 fully saturated rings. The molecule has 1 saturated heterocycles. The van der Waals surface area contributed by atoms with Crippen molar-refractivity contribution in [1.29, 1.82) is 0 Å². The van der Waals surface area contributed by atoms with Crippen molar-refractivity contribution in [3.8, 4) is 0 Å². The molecule has 3 atom stereocenters. The highest BCUT2D eigenvalue weighted by atomic mass is 16.2. The number of nitrogens with zero attached hydrogens (tertiary/aromatic N) is 1. The monoisotopic (exact) mass is 281 g/mol. The number of carbonyl (C=O) groups excluding carboxylic acids is 1. The fourth-order valence-corrected chi connectivity index (χ4v) is 3.59. The van der Waals surface area contributed by atoms with Crippen LogP contribution < -0.4 is 11.1 Å². The number of carbonyl (C=O) groups is 1. The van der Waals surface area contributed by atoms with Gasteiger partial charge in [0.05, 0.1) is 5.41 Å². The van der Waals surface area contributed by atoms with Gasteiger partial charge in [0, 0.05) is 19.1 Å². The molecule has 1 aliphatic carbocycles. The molecule has 2 rings (SSSR count). The number of hydrogen-bond donors (Lipinski definition) is 2. The maximum atomic E-state index is 12.4. The van der Waals surface area contributed by atoms with E-state index in [0.29, 0.717) is 5.92 Å². The van der Waals surface area contributed by atoms with Gasteiger partial charge in [0.15, 0.2) is 0 Å². The molecule has 20 heavy (non-hydrogen) atoms. The SMILES string of the molecule is CC(CNC(=O)C1(C)CCCC1N)CN1CCCCC1. The standard InChI is InChI=1S/C16H31N3O/c1-13(12-19-9-4-3-5-10-19)11-18-15(20)16(2)8-6-7-14(16)17/h13-14H,3-12,17H2,1-2H3,(H,18,20). The van der Waals surface area contributed by atoms with Gasteiger partial charge in [-0.3, -0.25) is 4.79 Å². The molecule has 1 heterocycles. The van der Waals surface area contributed by atoms with Crippen LogP contribution >= 0.6 is 0 Å². The molecule has 0 radical (unpaired) electrons. The van der Waals surface area contributed by atoms with E-state index < -0.39 is 0 Å². The third kappa shape index (κ3) is 3.73. The van der Waals surface area contributed by atoms with Crippen molar-refractivity contribution < 1.29 is 4.79 Å². The first-order valence-corrected chi connectivity index (χ1v) is 8.28. The molecule has 1 saturated carbocycles. The summed E-state index contributed by atoms with van der Waals surface area (Å²) in [5.74, 6) is 0.672. The highest BCUT2D eigenvalue weighted by molar-refractivity contribution is 5.83. The Hall–Kier alpha value is -0.610. The minimum atomic E-state index is -0.342. The van der Waals surface area contributed by atoms with E-state index in [4.69, 9.17) is 5.73 Å². The van der Waals surface area contributed by atoms with Gasteiger partial charge in [0.1, 0.15) is 0 Å². The lowest BCUT2D eigenvalue weighted by Gasteiger charge is -2.31. The molecule has 0 aromatic heterocycles. The highest BCUT2D eigenvalue weighted by Crippen LogP contribution is 2.36. The van der Waals surface area contributed by atoms with Crippen LogP contribution in [-0.2, 0) is 4.79 Å². The molecule has 2 aliphatic rings. The van der Waals surface area contributed by atoms with Crippen molar-refractivity contribution >= 4 is 5.91 Å². The first kappa shape index (κ1) is 15.8. The maximum Gasteiger partial charge on any atom is 0.227 e. The Labute approximate surface area is 123 Å². The van der Waals surface area contributed by atoms with E-state index in [1.165, 1.54) is 32.4 Å². The quantitative estimate of drug-likeness (QED) is 0.807. The van der Waals surface area contributed by atoms with Crippen LogP contribution in [0.3, 0.4) is 0 Å². The van der Waals surface area contributed by atoms with Crippen LogP contribution in [-0.4, -0.2) is 43.0 Å². The molecule has 0 aromatic rings. The predicted octanol–water partition coefficient (Wildman–Crippen LogP) is 1.74. The Morgan fingerprint density at radius 3 is 2.65 bits per heavy atom. The van der Waals surface area contributed by atoms with Crippen molar-refractivity contribution in [3.05, 3.63) is 0 Å². The first-order chi connectivity index (χ1) is 9.52. The molecule has 3 unspecified atom stereocenters. The first-order valence-electron chi connectivity index (χ1n) is 8.28. The van der Waals surface area contributed by atoms with E-state index in [1.807, 2.05) is 6.92 Å². The molecule has 0 bridgehead atoms. The van der Waals surface area contributed by atoms with Crippen LogP contribution in [0.1, 0.15) is 52.4 Å². The van der Waals surface area contributed by atoms with Crippen molar-refractivity contribution in [2.45, 2.75) is 58.4 Å². The second kappa shape index (κ2) is 6.90. The average Bonchev–Trinajstić information content (AvgIpc) is 2.78. The van der Waals surface area contributed by atoms with Crippen LogP contribution in [0, 0.1) is 11.3 Å². The summed E-state index contributed by atoms with van der Waals surface area (Å²) in [6.45, 7) is 8.57. The van der Waals surface area contributed by atoms with Gasteiger partial charge in [-0.15, -0.1) is 0 Å². The van der Waals surface area contributed by atoms with Gasteiger partial charge in [-0.05, 0) is 51.6 Å². The Kier molecular flexibility index (Phi) is 5.44. The third-order valence-corrected chi connectivity index (χ3v) is 5.18. The Morgan fingerprint density at radius 1 is 1.35 bits per heavy atom. The van der Waals surface area contributed by atoms with Crippen LogP contribution in [0.4, 0.5) is 0 Å². The van der Waals surface area contributed by atoms with E-state index >= 15 is 0 Å². The Balaban J connectivity index is 1.72. The molecule has 0 aromatic carbocycles. The van der Waals surface area contributed by atoms with Crippen LogP contribution in [0.25, 0.3) is 0 Å². The lowest BCUT2D eigenvalue weighted by Crippen LogP contribution is -2.49. The van der Waals surface area contributed by atoms with Crippen molar-refractivity contribution in [1.82, 2.24) is 10.2 Å². The molecule has 1 amide bonds. The summed E-state index contributed by atoms with van der Waals surface area (Å²) in [5.41, 5.74) is 5.76. The zero-order valence-corrected chi connectivity index (χ0v) is 13.2. The third-order valence-electron chi connectivity index (χ3n) is 5.18. The summed E-state index contributed by atoms with van der Waals surface area (Å²) in [4.78, 5) is 14.9. The van der Waals surface area contributed by atoms with Crippen LogP contribution in [0.2, 0.25) is 0 Å². The van der Waals surface area contributed by atoms with E-state index in [2.05, 4.69) is 17.1 Å². The van der Waals surface area contributed by atoms with Gasteiger partial charge in [0.2, 0.25) is 5.91 Å². The number of nitrogens with one attached hydrogen (secondary N) is 1. The number of piperidine rings is 1. The molecule has 4 heteroatoms. The molecular formula is C16H31N3O. The highest BCUT2D eigenvalue weighted by Gasteiger charge is 2.42. The van der Waals surface area contributed by atoms with Gasteiger partial charge in [0.25, 0.3) is 0 Å². The van der Waals surface area contributed by atoms with Gasteiger partial charge >= 0.3 is 0 Å². The molecule has 0 spiro atoms. The molecular weight excluding hydrogens is 250 g/mol. The molecule has 116 valence electrons. The van der Waals surface area contributed by atoms with E-state index in [0.717, 1.165) is 32.4 Å². The fraction of sp³-hybridized carbons (Fsp3) is 0.938. The van der Waals surface area contributed by atoms with Gasteiger partial charge in [-0.25, -0.2) is 0 Å². The number of nitrogens with two attached hydrogens (primary N) is 1. The smallest absolute Gasteiger partial charge is 0.227 e. The predicted molar refractivity (Wildman–Crippen MR) is 82.4 cm³/mol. The fourth-order valence-electron chi connectivity index (χ4n) is 3.59. The van der Waals surface area contributed by atoms with Gasteiger partial charge < -0.3 is 16.0 Å². The molecule has 4 nitrogen and oxygen atoms in total. The molecule has 3 N–H and O–H groups in total. The summed E-state index contributed by atoms with van der Waals surface area (Å²) in [7, 11) is 0. The normalized spacial score (nSPS) is 33.0. The summed E-state index contributed by atoms with van der Waals surface area (Å²) in [6, 6.07) is 0.0277. The van der Waals surface area contributed by atoms with Crippen molar-refractivity contribution in [3.63, 3.8) is 0 Å². The number of rotatable bonds is 5. The number of hydrogen-bond acceptors (Lipinski definition) is 3. The zero-order chi connectivity index (χ0) is 14.6. The lowest BCUT2D eigenvalue weighted by atomic mass is 9.84. The Morgan fingerprint density at radius 2 is 2.05 bits per heavy atom. The average molecular weight is 281 g/mol. The Bertz CT molecular complexity index is 328. The van der Waals surface area contributed by atoms with E-state index in [-0.39, 0.29) is 17.4 Å². The summed E-state index contributed by atoms with van der Waals surface area (Å²) >= 11 is 0. The second-order valence-corrected chi connectivity index (χ2v) is 7.09. The topological polar surface area (TPSA) is 58.4 Å². The summed E-state index contributed by atoms with van der Waals surface area (Å²) in [5, 5.41) is 3.14. The largest absolute Gasteiger partial charge is 0.355 e. The van der Waals surface area contributed by atoms with E-state index in [9.17, 15) is 4.79 Å². The minimum absolute atomic E-state index is 0.0277. The van der Waals surface area contributed by atoms with Crippen molar-refractivity contribution in [2.24, 2.45) is 17.1 Å². The van der Waals surface area contributed by atoms with Gasteiger partial charge in [-0.1, -0.05) is 19.8 Å². The van der Waals surface area contributed by atoms with E-state index in [1.54, 1.807) is 0 Å². The van der Waals surface area contributed by atoms with Gasteiger partial charge in [-0.2, -0.15) is 0 Å².